The number of hydrogen-bond donors (Lipinski definition) is 3. The summed E-state index contributed by atoms with van der Waals surface area (Å²) in [7, 11) is -3.82. The van der Waals surface area contributed by atoms with Crippen molar-refractivity contribution >= 4 is 27.3 Å². The predicted octanol–water partition coefficient (Wildman–Crippen LogP) is 2.03. The Morgan fingerprint density at radius 2 is 1.94 bits per heavy atom. The zero-order chi connectivity index (χ0) is 22.2. The Hall–Kier alpha value is -3.61. The lowest BCUT2D eigenvalue weighted by atomic mass is 10.0. The molecule has 12 heteroatoms. The number of carboxylic acid groups (broad SMARTS) is 1. The van der Waals surface area contributed by atoms with Crippen molar-refractivity contribution in [3.05, 3.63) is 71.0 Å². The summed E-state index contributed by atoms with van der Waals surface area (Å²) in [6.07, 6.45) is 3.41. The Labute approximate surface area is 180 Å². The van der Waals surface area contributed by atoms with Gasteiger partial charge in [-0.15, -0.1) is 11.3 Å². The van der Waals surface area contributed by atoms with Crippen molar-refractivity contribution in [3.8, 4) is 22.3 Å². The fourth-order valence-corrected chi connectivity index (χ4v) is 4.20. The maximum absolute atomic E-state index is 11.5. The first-order valence-electron chi connectivity index (χ1n) is 8.76. The number of aromatic nitrogens is 4. The molecule has 4 N–H and O–H groups in total. The van der Waals surface area contributed by atoms with Gasteiger partial charge in [0, 0.05) is 35.3 Å². The fraction of sp³-hybridized carbons (Fsp3) is 0.0526. The first-order chi connectivity index (χ1) is 14.7. The minimum Gasteiger partial charge on any atom is -0.493 e. The highest BCUT2D eigenvalue weighted by atomic mass is 32.2. The maximum Gasteiger partial charge on any atom is 0.355 e. The third kappa shape index (κ3) is 4.17. The van der Waals surface area contributed by atoms with E-state index in [-0.39, 0.29) is 28.0 Å². The van der Waals surface area contributed by atoms with Crippen molar-refractivity contribution in [2.24, 2.45) is 5.14 Å². The van der Waals surface area contributed by atoms with Gasteiger partial charge in [0.05, 0.1) is 4.90 Å². The van der Waals surface area contributed by atoms with Crippen LogP contribution in [0.3, 0.4) is 0 Å². The van der Waals surface area contributed by atoms with E-state index in [1.807, 2.05) is 0 Å². The quantitative estimate of drug-likeness (QED) is 0.396. The highest BCUT2D eigenvalue weighted by Crippen LogP contribution is 2.34. The summed E-state index contributed by atoms with van der Waals surface area (Å²) in [6.45, 7) is 0. The number of sulfonamides is 1. The lowest BCUT2D eigenvalue weighted by molar-refractivity contribution is 0.0691. The van der Waals surface area contributed by atoms with Crippen molar-refractivity contribution in [1.29, 1.82) is 0 Å². The van der Waals surface area contributed by atoms with Gasteiger partial charge < -0.3 is 10.2 Å². The van der Waals surface area contributed by atoms with E-state index in [0.29, 0.717) is 22.4 Å². The van der Waals surface area contributed by atoms with Gasteiger partial charge in [0.25, 0.3) is 0 Å². The standard InChI is InChI=1S/C19H15N5O5S2/c20-31(28,29)13-5-3-11(4-6-13)8-14-16(12-2-1-7-21-9-12)23-24(17(14)25)19-22-15(10-30-19)18(26)27/h1-7,9-10,25H,8H2,(H,26,27)(H2,20,28,29). The summed E-state index contributed by atoms with van der Waals surface area (Å²) in [6, 6.07) is 9.45. The molecule has 0 spiro atoms. The number of aromatic hydroxyl groups is 1. The molecule has 0 fully saturated rings. The Balaban J connectivity index is 1.80. The lowest BCUT2D eigenvalue weighted by Gasteiger charge is -2.05. The first kappa shape index (κ1) is 20.7. The van der Waals surface area contributed by atoms with Crippen LogP contribution in [0.1, 0.15) is 21.6 Å². The number of pyridine rings is 1. The first-order valence-corrected chi connectivity index (χ1v) is 11.2. The molecular weight excluding hydrogens is 442 g/mol. The molecule has 0 aliphatic rings. The van der Waals surface area contributed by atoms with Crippen LogP contribution in [0.4, 0.5) is 0 Å². The molecule has 0 saturated heterocycles. The maximum atomic E-state index is 11.5. The van der Waals surface area contributed by atoms with Crippen LogP contribution in [0, 0.1) is 0 Å². The van der Waals surface area contributed by atoms with Gasteiger partial charge in [-0.2, -0.15) is 9.78 Å². The third-order valence-electron chi connectivity index (χ3n) is 4.42. The predicted molar refractivity (Wildman–Crippen MR) is 112 cm³/mol. The van der Waals surface area contributed by atoms with E-state index in [1.165, 1.54) is 22.2 Å². The van der Waals surface area contributed by atoms with E-state index in [1.54, 1.807) is 36.7 Å². The van der Waals surface area contributed by atoms with E-state index in [9.17, 15) is 18.3 Å². The van der Waals surface area contributed by atoms with E-state index in [2.05, 4.69) is 15.1 Å². The summed E-state index contributed by atoms with van der Waals surface area (Å²) in [4.78, 5) is 19.2. The second-order valence-corrected chi connectivity index (χ2v) is 8.89. The highest BCUT2D eigenvalue weighted by molar-refractivity contribution is 7.89. The second kappa shape index (κ2) is 7.91. The van der Waals surface area contributed by atoms with E-state index in [4.69, 9.17) is 10.2 Å². The topological polar surface area (TPSA) is 161 Å². The molecule has 3 heterocycles. The normalized spacial score (nSPS) is 11.5. The van der Waals surface area contributed by atoms with Crippen LogP contribution in [-0.4, -0.2) is 44.3 Å². The minimum absolute atomic E-state index is 0.0207. The number of primary sulfonamides is 1. The highest BCUT2D eigenvalue weighted by Gasteiger charge is 2.23. The lowest BCUT2D eigenvalue weighted by Crippen LogP contribution is -2.11. The molecule has 0 amide bonds. The number of aromatic carboxylic acids is 1. The average Bonchev–Trinajstić information content (AvgIpc) is 3.34. The number of hydrogen-bond acceptors (Lipinski definition) is 8. The number of nitrogens with zero attached hydrogens (tertiary/aromatic N) is 4. The Morgan fingerprint density at radius 3 is 2.52 bits per heavy atom. The molecular formula is C19H15N5O5S2. The number of carboxylic acids is 1. The molecule has 10 nitrogen and oxygen atoms in total. The van der Waals surface area contributed by atoms with Crippen LogP contribution >= 0.6 is 11.3 Å². The van der Waals surface area contributed by atoms with Crippen LogP contribution in [0.2, 0.25) is 0 Å². The number of rotatable bonds is 6. The summed E-state index contributed by atoms with van der Waals surface area (Å²) in [5.74, 6) is -1.39. The van der Waals surface area contributed by atoms with Gasteiger partial charge in [-0.3, -0.25) is 4.98 Å². The molecule has 0 unspecified atom stereocenters. The fourth-order valence-electron chi connectivity index (χ4n) is 2.93. The third-order valence-corrected chi connectivity index (χ3v) is 6.16. The molecule has 0 aliphatic carbocycles. The van der Waals surface area contributed by atoms with Crippen LogP contribution in [0.5, 0.6) is 5.88 Å². The molecule has 1 aromatic carbocycles. The van der Waals surface area contributed by atoms with Gasteiger partial charge in [0.15, 0.2) is 5.69 Å². The molecule has 0 atom stereocenters. The molecule has 3 aromatic heterocycles. The molecule has 4 aromatic rings. The molecule has 0 radical (unpaired) electrons. The zero-order valence-electron chi connectivity index (χ0n) is 15.7. The molecule has 0 bridgehead atoms. The number of benzene rings is 1. The zero-order valence-corrected chi connectivity index (χ0v) is 17.3. The SMILES string of the molecule is NS(=O)(=O)c1ccc(Cc2c(-c3cccnc3)nn(-c3nc(C(=O)O)cs3)c2O)cc1. The molecule has 31 heavy (non-hydrogen) atoms. The Morgan fingerprint density at radius 1 is 1.19 bits per heavy atom. The van der Waals surface area contributed by atoms with Gasteiger partial charge >= 0.3 is 5.97 Å². The monoisotopic (exact) mass is 457 g/mol. The largest absolute Gasteiger partial charge is 0.493 e. The van der Waals surface area contributed by atoms with E-state index < -0.39 is 16.0 Å². The van der Waals surface area contributed by atoms with Crippen LogP contribution in [-0.2, 0) is 16.4 Å². The van der Waals surface area contributed by atoms with Gasteiger partial charge in [-0.05, 0) is 29.8 Å². The van der Waals surface area contributed by atoms with E-state index in [0.717, 1.165) is 11.3 Å². The van der Waals surface area contributed by atoms with Crippen molar-refractivity contribution in [2.75, 3.05) is 0 Å². The van der Waals surface area contributed by atoms with Crippen LogP contribution in [0.25, 0.3) is 16.4 Å². The van der Waals surface area contributed by atoms with Gasteiger partial charge in [-0.25, -0.2) is 23.3 Å². The van der Waals surface area contributed by atoms with Gasteiger partial charge in [-0.1, -0.05) is 12.1 Å². The Bertz CT molecular complexity index is 1360. The van der Waals surface area contributed by atoms with Crippen molar-refractivity contribution in [3.63, 3.8) is 0 Å². The van der Waals surface area contributed by atoms with Gasteiger partial charge in [0.1, 0.15) is 5.69 Å². The molecule has 0 saturated carbocycles. The molecule has 0 aliphatic heterocycles. The smallest absolute Gasteiger partial charge is 0.355 e. The van der Waals surface area contributed by atoms with Gasteiger partial charge in [0.2, 0.25) is 21.0 Å². The number of nitrogens with two attached hydrogens (primary N) is 1. The summed E-state index contributed by atoms with van der Waals surface area (Å²) < 4.78 is 24.1. The van der Waals surface area contributed by atoms with Crippen molar-refractivity contribution in [1.82, 2.24) is 19.7 Å². The van der Waals surface area contributed by atoms with Crippen LogP contribution < -0.4 is 5.14 Å². The summed E-state index contributed by atoms with van der Waals surface area (Å²) in [5.41, 5.74) is 2.08. The molecule has 158 valence electrons. The Kier molecular flexibility index (Phi) is 5.27. The van der Waals surface area contributed by atoms with Crippen LogP contribution in [0.15, 0.2) is 59.1 Å². The molecule has 4 rings (SSSR count). The van der Waals surface area contributed by atoms with Crippen molar-refractivity contribution < 1.29 is 23.4 Å². The minimum atomic E-state index is -3.82. The number of carbonyl (C=O) groups is 1. The average molecular weight is 457 g/mol. The summed E-state index contributed by atoms with van der Waals surface area (Å²) in [5, 5.41) is 31.1. The van der Waals surface area contributed by atoms with Crippen molar-refractivity contribution in [2.45, 2.75) is 11.3 Å². The summed E-state index contributed by atoms with van der Waals surface area (Å²) >= 11 is 1.03. The number of thiazole rings is 1. The second-order valence-electron chi connectivity index (χ2n) is 6.49. The van der Waals surface area contributed by atoms with E-state index >= 15 is 0 Å².